The van der Waals surface area contributed by atoms with Crippen molar-refractivity contribution in [3.63, 3.8) is 0 Å². The molecule has 6 heteroatoms. The van der Waals surface area contributed by atoms with Gasteiger partial charge in [-0.05, 0) is 24.7 Å². The Kier molecular flexibility index (Phi) is 4.97. The Morgan fingerprint density at radius 2 is 2.15 bits per heavy atom. The lowest BCUT2D eigenvalue weighted by Crippen LogP contribution is -2.42. The molecule has 4 atom stereocenters. The van der Waals surface area contributed by atoms with Crippen LogP contribution in [0.25, 0.3) is 0 Å². The van der Waals surface area contributed by atoms with Crippen molar-refractivity contribution in [1.29, 1.82) is 0 Å². The van der Waals surface area contributed by atoms with Gasteiger partial charge in [0.25, 0.3) is 0 Å². The predicted molar refractivity (Wildman–Crippen MR) is 102 cm³/mol. The van der Waals surface area contributed by atoms with E-state index in [2.05, 4.69) is 5.32 Å². The van der Waals surface area contributed by atoms with E-state index in [4.69, 9.17) is 4.74 Å². The predicted octanol–water partition coefficient (Wildman–Crippen LogP) is 1.71. The number of amides is 2. The Balaban J connectivity index is 1.36. The summed E-state index contributed by atoms with van der Waals surface area (Å²) in [5.74, 6) is 1.46. The second-order valence-electron chi connectivity index (χ2n) is 7.70. The minimum Gasteiger partial charge on any atom is -0.369 e. The fourth-order valence-electron chi connectivity index (χ4n) is 4.94. The Hall–Kier alpha value is -1.53. The van der Waals surface area contributed by atoms with Crippen molar-refractivity contribution in [2.45, 2.75) is 31.0 Å². The lowest BCUT2D eigenvalue weighted by molar-refractivity contribution is -0.129. The van der Waals surface area contributed by atoms with Gasteiger partial charge in [0, 0.05) is 24.9 Å². The first-order chi connectivity index (χ1) is 12.6. The van der Waals surface area contributed by atoms with Crippen LogP contribution in [0.15, 0.2) is 30.3 Å². The number of fused-ring (bicyclic) bond motifs is 1. The van der Waals surface area contributed by atoms with Gasteiger partial charge in [-0.15, -0.1) is 0 Å². The molecule has 0 radical (unpaired) electrons. The van der Waals surface area contributed by atoms with Crippen molar-refractivity contribution in [2.24, 2.45) is 11.8 Å². The van der Waals surface area contributed by atoms with Crippen LogP contribution in [0.2, 0.25) is 0 Å². The smallest absolute Gasteiger partial charge is 0.232 e. The summed E-state index contributed by atoms with van der Waals surface area (Å²) in [5.41, 5.74) is 0.869. The molecule has 3 aliphatic rings. The molecule has 3 heterocycles. The zero-order chi connectivity index (χ0) is 18.1. The van der Waals surface area contributed by atoms with Crippen LogP contribution in [-0.4, -0.2) is 60.1 Å². The number of hydrogen-bond acceptors (Lipinski definition) is 4. The molecule has 2 amide bonds. The quantitative estimate of drug-likeness (QED) is 0.824. The second-order valence-corrected chi connectivity index (χ2v) is 8.57. The monoisotopic (exact) mass is 374 g/mol. The standard InChI is InChI=1S/C20H26N2O3S/c1-26-12-19(24)22-11-16-15(17-7-8-20(16,13-22)25-17)10-21-18(23)9-14-5-3-2-4-6-14/h2-6,15-17H,7-13H2,1H3,(H,21,23)/t15-,16+,17+,20+/m0/s1. The third-order valence-corrected chi connectivity index (χ3v) is 6.68. The fourth-order valence-corrected chi connectivity index (χ4v) is 5.37. The number of hydrogen-bond donors (Lipinski definition) is 1. The summed E-state index contributed by atoms with van der Waals surface area (Å²) < 4.78 is 6.35. The number of nitrogens with one attached hydrogen (secondary N) is 1. The van der Waals surface area contributed by atoms with E-state index in [9.17, 15) is 9.59 Å². The molecular formula is C20H26N2O3S. The van der Waals surface area contributed by atoms with Crippen molar-refractivity contribution in [3.05, 3.63) is 35.9 Å². The minimum atomic E-state index is -0.159. The fraction of sp³-hybridized carbons (Fsp3) is 0.600. The van der Waals surface area contributed by atoms with E-state index < -0.39 is 0 Å². The van der Waals surface area contributed by atoms with Crippen LogP contribution in [0.5, 0.6) is 0 Å². The van der Waals surface area contributed by atoms with Crippen LogP contribution in [0.4, 0.5) is 0 Å². The molecule has 1 N–H and O–H groups in total. The lowest BCUT2D eigenvalue weighted by Gasteiger charge is -2.29. The third-order valence-electron chi connectivity index (χ3n) is 6.15. The maximum atomic E-state index is 12.3. The van der Waals surface area contributed by atoms with Crippen molar-refractivity contribution >= 4 is 23.6 Å². The van der Waals surface area contributed by atoms with Crippen LogP contribution < -0.4 is 5.32 Å². The van der Waals surface area contributed by atoms with Crippen molar-refractivity contribution in [3.8, 4) is 0 Å². The molecule has 3 fully saturated rings. The number of likely N-dealkylation sites (tertiary alicyclic amines) is 1. The van der Waals surface area contributed by atoms with Crippen molar-refractivity contribution in [1.82, 2.24) is 10.2 Å². The molecule has 3 aliphatic heterocycles. The van der Waals surface area contributed by atoms with E-state index in [1.807, 2.05) is 41.5 Å². The molecule has 0 unspecified atom stereocenters. The first-order valence-corrected chi connectivity index (χ1v) is 10.8. The Bertz CT molecular complexity index is 683. The highest BCUT2D eigenvalue weighted by atomic mass is 32.2. The molecular weight excluding hydrogens is 348 g/mol. The zero-order valence-electron chi connectivity index (χ0n) is 15.1. The Labute approximate surface area is 158 Å². The summed E-state index contributed by atoms with van der Waals surface area (Å²) >= 11 is 1.57. The average molecular weight is 375 g/mol. The summed E-state index contributed by atoms with van der Waals surface area (Å²) in [4.78, 5) is 26.6. The van der Waals surface area contributed by atoms with Gasteiger partial charge in [0.05, 0.1) is 30.4 Å². The maximum Gasteiger partial charge on any atom is 0.232 e. The van der Waals surface area contributed by atoms with E-state index in [0.717, 1.165) is 31.5 Å². The Morgan fingerprint density at radius 1 is 1.35 bits per heavy atom. The molecule has 0 aliphatic carbocycles. The van der Waals surface area contributed by atoms with E-state index >= 15 is 0 Å². The summed E-state index contributed by atoms with van der Waals surface area (Å²) in [6, 6.07) is 9.81. The average Bonchev–Trinajstić information content (AvgIpc) is 3.29. The molecule has 0 aromatic heterocycles. The number of carbonyl (C=O) groups excluding carboxylic acids is 2. The van der Waals surface area contributed by atoms with Gasteiger partial charge < -0.3 is 15.0 Å². The lowest BCUT2D eigenvalue weighted by atomic mass is 9.73. The summed E-state index contributed by atoms with van der Waals surface area (Å²) in [6.45, 7) is 2.14. The molecule has 1 aromatic rings. The van der Waals surface area contributed by atoms with Crippen LogP contribution in [0.3, 0.4) is 0 Å². The van der Waals surface area contributed by atoms with Gasteiger partial charge in [-0.3, -0.25) is 9.59 Å². The number of nitrogens with zero attached hydrogens (tertiary/aromatic N) is 1. The minimum absolute atomic E-state index is 0.0568. The highest BCUT2D eigenvalue weighted by Gasteiger charge is 2.63. The molecule has 1 spiro atoms. The molecule has 1 aromatic carbocycles. The highest BCUT2D eigenvalue weighted by molar-refractivity contribution is 7.99. The molecule has 0 saturated carbocycles. The normalized spacial score (nSPS) is 31.9. The van der Waals surface area contributed by atoms with Crippen molar-refractivity contribution < 1.29 is 14.3 Å². The van der Waals surface area contributed by atoms with Gasteiger partial charge in [-0.1, -0.05) is 30.3 Å². The number of ether oxygens (including phenoxy) is 1. The maximum absolute atomic E-state index is 12.3. The topological polar surface area (TPSA) is 58.6 Å². The number of carbonyl (C=O) groups is 2. The van der Waals surface area contributed by atoms with E-state index in [1.54, 1.807) is 11.8 Å². The van der Waals surface area contributed by atoms with Gasteiger partial charge in [0.2, 0.25) is 11.8 Å². The number of rotatable bonds is 6. The zero-order valence-corrected chi connectivity index (χ0v) is 16.0. The van der Waals surface area contributed by atoms with Gasteiger partial charge in [0.15, 0.2) is 0 Å². The first kappa shape index (κ1) is 17.9. The Morgan fingerprint density at radius 3 is 2.92 bits per heavy atom. The molecule has 140 valence electrons. The summed E-state index contributed by atoms with van der Waals surface area (Å²) in [5, 5.41) is 3.11. The highest BCUT2D eigenvalue weighted by Crippen LogP contribution is 2.54. The van der Waals surface area contributed by atoms with E-state index in [1.165, 1.54) is 0 Å². The van der Waals surface area contributed by atoms with E-state index in [0.29, 0.717) is 30.6 Å². The van der Waals surface area contributed by atoms with Crippen LogP contribution in [-0.2, 0) is 20.7 Å². The molecule has 5 nitrogen and oxygen atoms in total. The molecule has 4 rings (SSSR count). The molecule has 26 heavy (non-hydrogen) atoms. The largest absolute Gasteiger partial charge is 0.369 e. The van der Waals surface area contributed by atoms with Crippen LogP contribution in [0, 0.1) is 11.8 Å². The SMILES string of the molecule is CSCC(=O)N1C[C@@H]2[C@H](CNC(=O)Cc3ccccc3)[C@H]3CC[C@]2(C1)O3. The summed E-state index contributed by atoms with van der Waals surface area (Å²) in [7, 11) is 0. The molecule has 2 bridgehead atoms. The third kappa shape index (κ3) is 3.25. The first-order valence-electron chi connectivity index (χ1n) is 9.36. The van der Waals surface area contributed by atoms with Crippen LogP contribution in [0.1, 0.15) is 18.4 Å². The second kappa shape index (κ2) is 7.24. The number of thioether (sulfide) groups is 1. The van der Waals surface area contributed by atoms with Gasteiger partial charge in [-0.25, -0.2) is 0 Å². The van der Waals surface area contributed by atoms with Gasteiger partial charge in [-0.2, -0.15) is 11.8 Å². The van der Waals surface area contributed by atoms with Crippen molar-refractivity contribution in [2.75, 3.05) is 31.6 Å². The van der Waals surface area contributed by atoms with Gasteiger partial charge in [0.1, 0.15) is 0 Å². The van der Waals surface area contributed by atoms with Crippen LogP contribution >= 0.6 is 11.8 Å². The van der Waals surface area contributed by atoms with E-state index in [-0.39, 0.29) is 23.5 Å². The summed E-state index contributed by atoms with van der Waals surface area (Å²) in [6.07, 6.45) is 4.68. The molecule has 3 saturated heterocycles. The number of benzene rings is 1. The van der Waals surface area contributed by atoms with Gasteiger partial charge >= 0.3 is 0 Å².